The number of nitro benzene ring substituents is 1. The van der Waals surface area contributed by atoms with Crippen molar-refractivity contribution >= 4 is 17.7 Å². The summed E-state index contributed by atoms with van der Waals surface area (Å²) in [6.07, 6.45) is 2.58. The quantitative estimate of drug-likeness (QED) is 0.501. The van der Waals surface area contributed by atoms with Crippen molar-refractivity contribution in [3.63, 3.8) is 0 Å². The van der Waals surface area contributed by atoms with Crippen LogP contribution in [0, 0.1) is 10.1 Å². The average Bonchev–Trinajstić information content (AvgIpc) is 2.52. The summed E-state index contributed by atoms with van der Waals surface area (Å²) >= 11 is 0. The van der Waals surface area contributed by atoms with Crippen LogP contribution in [-0.2, 0) is 11.2 Å². The van der Waals surface area contributed by atoms with Gasteiger partial charge in [0.15, 0.2) is 0 Å². The molecule has 2 aromatic carbocycles. The molecule has 0 unspecified atom stereocenters. The van der Waals surface area contributed by atoms with E-state index < -0.39 is 10.9 Å². The molecular formula is C17H15NO4. The standard InChI is InChI=1S/C17H15NO4/c19-17(20)15(9-6-13-4-2-1-3-5-13)12-14-7-10-16(11-8-14)18(21)22/h1-5,7-8,10-12H,6,9H2,(H,19,20)/b15-12+. The van der Waals surface area contributed by atoms with Crippen LogP contribution in [0.15, 0.2) is 60.2 Å². The van der Waals surface area contributed by atoms with Crippen molar-refractivity contribution in [3.05, 3.63) is 81.4 Å². The molecule has 0 atom stereocenters. The predicted molar refractivity (Wildman–Crippen MR) is 83.5 cm³/mol. The molecule has 0 spiro atoms. The number of rotatable bonds is 6. The molecule has 0 aliphatic carbocycles. The lowest BCUT2D eigenvalue weighted by atomic mass is 10.0. The fraction of sp³-hybridized carbons (Fsp3) is 0.118. The number of hydrogen-bond donors (Lipinski definition) is 1. The van der Waals surface area contributed by atoms with Crippen molar-refractivity contribution in [2.45, 2.75) is 12.8 Å². The first-order valence-electron chi connectivity index (χ1n) is 6.78. The predicted octanol–water partition coefficient (Wildman–Crippen LogP) is 3.70. The Morgan fingerprint density at radius 1 is 1.09 bits per heavy atom. The fourth-order valence-electron chi connectivity index (χ4n) is 2.06. The van der Waals surface area contributed by atoms with E-state index in [2.05, 4.69) is 0 Å². The number of carbonyl (C=O) groups is 1. The van der Waals surface area contributed by atoms with Gasteiger partial charge in [-0.25, -0.2) is 4.79 Å². The number of aliphatic carboxylic acids is 1. The van der Waals surface area contributed by atoms with E-state index in [1.165, 1.54) is 12.1 Å². The van der Waals surface area contributed by atoms with E-state index in [0.717, 1.165) is 5.56 Å². The van der Waals surface area contributed by atoms with Gasteiger partial charge in [0.1, 0.15) is 0 Å². The Balaban J connectivity index is 2.13. The van der Waals surface area contributed by atoms with Crippen molar-refractivity contribution in [1.29, 1.82) is 0 Å². The van der Waals surface area contributed by atoms with E-state index in [1.807, 2.05) is 30.3 Å². The topological polar surface area (TPSA) is 80.4 Å². The third-order valence-electron chi connectivity index (χ3n) is 3.25. The number of carboxylic acid groups (broad SMARTS) is 1. The largest absolute Gasteiger partial charge is 0.478 e. The highest BCUT2D eigenvalue weighted by Crippen LogP contribution is 2.17. The van der Waals surface area contributed by atoms with Crippen LogP contribution in [0.1, 0.15) is 17.5 Å². The molecular weight excluding hydrogens is 282 g/mol. The Morgan fingerprint density at radius 3 is 2.27 bits per heavy atom. The van der Waals surface area contributed by atoms with Crippen molar-refractivity contribution < 1.29 is 14.8 Å². The normalized spacial score (nSPS) is 11.2. The summed E-state index contributed by atoms with van der Waals surface area (Å²) in [5.74, 6) is -0.978. The van der Waals surface area contributed by atoms with E-state index in [-0.39, 0.29) is 11.3 Å². The number of benzene rings is 2. The second-order valence-electron chi connectivity index (χ2n) is 4.81. The number of hydrogen-bond acceptors (Lipinski definition) is 3. The van der Waals surface area contributed by atoms with Gasteiger partial charge in [-0.1, -0.05) is 30.3 Å². The van der Waals surface area contributed by atoms with Gasteiger partial charge in [0.05, 0.1) is 4.92 Å². The molecule has 1 N–H and O–H groups in total. The van der Waals surface area contributed by atoms with E-state index in [4.69, 9.17) is 0 Å². The molecule has 2 aromatic rings. The molecule has 0 fully saturated rings. The molecule has 0 aromatic heterocycles. The molecule has 0 saturated carbocycles. The third-order valence-corrected chi connectivity index (χ3v) is 3.25. The van der Waals surface area contributed by atoms with Gasteiger partial charge in [-0.15, -0.1) is 0 Å². The van der Waals surface area contributed by atoms with Crippen LogP contribution in [0.4, 0.5) is 5.69 Å². The number of carboxylic acids is 1. The van der Waals surface area contributed by atoms with E-state index in [9.17, 15) is 20.0 Å². The summed E-state index contributed by atoms with van der Waals surface area (Å²) in [7, 11) is 0. The van der Waals surface area contributed by atoms with Crippen molar-refractivity contribution in [1.82, 2.24) is 0 Å². The maximum absolute atomic E-state index is 11.3. The second-order valence-corrected chi connectivity index (χ2v) is 4.81. The first-order chi connectivity index (χ1) is 10.6. The number of aryl methyl sites for hydroxylation is 1. The van der Waals surface area contributed by atoms with Gasteiger partial charge in [-0.3, -0.25) is 10.1 Å². The summed E-state index contributed by atoms with van der Waals surface area (Å²) < 4.78 is 0. The molecule has 0 bridgehead atoms. The summed E-state index contributed by atoms with van der Waals surface area (Å²) in [6, 6.07) is 15.5. The van der Waals surface area contributed by atoms with Gasteiger partial charge in [-0.05, 0) is 42.2 Å². The molecule has 0 aliphatic rings. The smallest absolute Gasteiger partial charge is 0.331 e. The number of nitrogens with zero attached hydrogens (tertiary/aromatic N) is 1. The maximum atomic E-state index is 11.3. The minimum absolute atomic E-state index is 0.0155. The maximum Gasteiger partial charge on any atom is 0.331 e. The van der Waals surface area contributed by atoms with Gasteiger partial charge in [0.2, 0.25) is 0 Å². The highest BCUT2D eigenvalue weighted by molar-refractivity contribution is 5.92. The van der Waals surface area contributed by atoms with Crippen LogP contribution in [0.2, 0.25) is 0 Å². The van der Waals surface area contributed by atoms with Crippen molar-refractivity contribution in [2.24, 2.45) is 0 Å². The van der Waals surface area contributed by atoms with Crippen LogP contribution in [-0.4, -0.2) is 16.0 Å². The summed E-state index contributed by atoms with van der Waals surface area (Å²) in [5, 5.41) is 19.9. The van der Waals surface area contributed by atoms with Gasteiger partial charge in [0, 0.05) is 17.7 Å². The average molecular weight is 297 g/mol. The minimum atomic E-state index is -0.978. The number of nitro groups is 1. The zero-order valence-electron chi connectivity index (χ0n) is 11.8. The molecule has 5 nitrogen and oxygen atoms in total. The lowest BCUT2D eigenvalue weighted by molar-refractivity contribution is -0.384. The Kier molecular flexibility index (Phi) is 5.03. The zero-order valence-corrected chi connectivity index (χ0v) is 11.8. The molecule has 0 heterocycles. The van der Waals surface area contributed by atoms with Gasteiger partial charge >= 0.3 is 5.97 Å². The number of non-ortho nitro benzene ring substituents is 1. The van der Waals surface area contributed by atoms with E-state index in [1.54, 1.807) is 18.2 Å². The molecule has 2 rings (SSSR count). The SMILES string of the molecule is O=C(O)/C(=C/c1ccc([N+](=O)[O-])cc1)CCc1ccccc1. The minimum Gasteiger partial charge on any atom is -0.478 e. The van der Waals surface area contributed by atoms with Crippen molar-refractivity contribution in [2.75, 3.05) is 0 Å². The first-order valence-corrected chi connectivity index (χ1v) is 6.78. The summed E-state index contributed by atoms with van der Waals surface area (Å²) in [5.41, 5.74) is 1.96. The van der Waals surface area contributed by atoms with Gasteiger partial charge in [-0.2, -0.15) is 0 Å². The molecule has 0 radical (unpaired) electrons. The van der Waals surface area contributed by atoms with Crippen LogP contribution < -0.4 is 0 Å². The summed E-state index contributed by atoms with van der Waals surface area (Å²) in [4.78, 5) is 21.4. The van der Waals surface area contributed by atoms with Crippen LogP contribution in [0.5, 0.6) is 0 Å². The summed E-state index contributed by atoms with van der Waals surface area (Å²) in [6.45, 7) is 0. The Bertz CT molecular complexity index is 690. The second kappa shape index (κ2) is 7.17. The molecule has 0 aliphatic heterocycles. The highest BCUT2D eigenvalue weighted by atomic mass is 16.6. The Hall–Kier alpha value is -2.95. The van der Waals surface area contributed by atoms with E-state index >= 15 is 0 Å². The highest BCUT2D eigenvalue weighted by Gasteiger charge is 2.09. The molecule has 0 saturated heterocycles. The van der Waals surface area contributed by atoms with E-state index in [0.29, 0.717) is 18.4 Å². The zero-order chi connectivity index (χ0) is 15.9. The van der Waals surface area contributed by atoms with Gasteiger partial charge < -0.3 is 5.11 Å². The molecule has 5 heteroatoms. The lowest BCUT2D eigenvalue weighted by Gasteiger charge is -2.04. The first kappa shape index (κ1) is 15.4. The molecule has 0 amide bonds. The Morgan fingerprint density at radius 2 is 1.73 bits per heavy atom. The monoisotopic (exact) mass is 297 g/mol. The van der Waals surface area contributed by atoms with Crippen LogP contribution in [0.25, 0.3) is 6.08 Å². The fourth-order valence-corrected chi connectivity index (χ4v) is 2.06. The third kappa shape index (κ3) is 4.28. The Labute approximate surface area is 127 Å². The van der Waals surface area contributed by atoms with Crippen molar-refractivity contribution in [3.8, 4) is 0 Å². The lowest BCUT2D eigenvalue weighted by Crippen LogP contribution is -2.02. The molecule has 22 heavy (non-hydrogen) atoms. The molecule has 112 valence electrons. The van der Waals surface area contributed by atoms with Crippen LogP contribution >= 0.6 is 0 Å². The van der Waals surface area contributed by atoms with Crippen LogP contribution in [0.3, 0.4) is 0 Å². The van der Waals surface area contributed by atoms with Gasteiger partial charge in [0.25, 0.3) is 5.69 Å².